The van der Waals surface area contributed by atoms with E-state index in [1.54, 1.807) is 0 Å². The molecule has 0 bridgehead atoms. The van der Waals surface area contributed by atoms with Gasteiger partial charge in [0.25, 0.3) is 0 Å². The van der Waals surface area contributed by atoms with Gasteiger partial charge < -0.3 is 5.32 Å². The molecule has 1 N–H and O–H groups in total. The highest BCUT2D eigenvalue weighted by Gasteiger charge is 2.15. The predicted octanol–water partition coefficient (Wildman–Crippen LogP) is 3.93. The van der Waals surface area contributed by atoms with Crippen molar-refractivity contribution in [1.29, 1.82) is 0 Å². The summed E-state index contributed by atoms with van der Waals surface area (Å²) >= 11 is 6.36. The molecule has 2 rings (SSSR count). The van der Waals surface area contributed by atoms with E-state index in [4.69, 9.17) is 11.6 Å². The molecule has 0 saturated heterocycles. The maximum Gasteiger partial charge on any atom is 0.0643 e. The highest BCUT2D eigenvalue weighted by molar-refractivity contribution is 6.31. The lowest BCUT2D eigenvalue weighted by atomic mass is 10.0. The summed E-state index contributed by atoms with van der Waals surface area (Å²) < 4.78 is 1.98. The van der Waals surface area contributed by atoms with E-state index in [0.29, 0.717) is 6.04 Å². The molecular formula is C16H22ClN3. The molecule has 4 heteroatoms. The molecule has 0 aliphatic heterocycles. The Morgan fingerprint density at radius 3 is 2.60 bits per heavy atom. The minimum Gasteiger partial charge on any atom is -0.313 e. The molecule has 0 spiro atoms. The highest BCUT2D eigenvalue weighted by Crippen LogP contribution is 2.26. The quantitative estimate of drug-likeness (QED) is 0.904. The van der Waals surface area contributed by atoms with Crippen LogP contribution in [0.4, 0.5) is 0 Å². The molecule has 0 saturated carbocycles. The fourth-order valence-electron chi connectivity index (χ4n) is 2.27. The number of rotatable bonds is 5. The smallest absolute Gasteiger partial charge is 0.0643 e. The van der Waals surface area contributed by atoms with Crippen LogP contribution in [0.25, 0.3) is 0 Å². The van der Waals surface area contributed by atoms with E-state index in [2.05, 4.69) is 42.5 Å². The lowest BCUT2D eigenvalue weighted by Gasteiger charge is -2.17. The number of nitrogens with zero attached hydrogens (tertiary/aromatic N) is 2. The fraction of sp³-hybridized carbons (Fsp3) is 0.438. The number of hydrogen-bond donors (Lipinski definition) is 1. The van der Waals surface area contributed by atoms with Crippen molar-refractivity contribution in [2.45, 2.75) is 39.3 Å². The normalized spacial score (nSPS) is 12.9. The van der Waals surface area contributed by atoms with Gasteiger partial charge in [-0.3, -0.25) is 4.68 Å². The second-order valence-corrected chi connectivity index (χ2v) is 5.86. The number of hydrogen-bond acceptors (Lipinski definition) is 2. The Bertz CT molecular complexity index is 575. The van der Waals surface area contributed by atoms with E-state index < -0.39 is 0 Å². The first-order chi connectivity index (χ1) is 9.51. The first-order valence-corrected chi connectivity index (χ1v) is 7.36. The Hall–Kier alpha value is -1.32. The van der Waals surface area contributed by atoms with Crippen molar-refractivity contribution in [2.24, 2.45) is 0 Å². The van der Waals surface area contributed by atoms with E-state index >= 15 is 0 Å². The summed E-state index contributed by atoms with van der Waals surface area (Å²) in [6, 6.07) is 8.84. The third kappa shape index (κ3) is 3.41. The van der Waals surface area contributed by atoms with Crippen LogP contribution >= 0.6 is 11.6 Å². The number of nitrogens with one attached hydrogen (secondary N) is 1. The summed E-state index contributed by atoms with van der Waals surface area (Å²) in [5, 5.41) is 8.75. The second-order valence-electron chi connectivity index (χ2n) is 5.45. The highest BCUT2D eigenvalue weighted by atomic mass is 35.5. The lowest BCUT2D eigenvalue weighted by molar-refractivity contribution is 0.515. The SMILES string of the molecule is CNC(Cc1ccn(C(C)C)n1)c1ccc(C)cc1Cl. The van der Waals surface area contributed by atoms with Gasteiger partial charge in [-0.15, -0.1) is 0 Å². The zero-order valence-electron chi connectivity index (χ0n) is 12.5. The Morgan fingerprint density at radius 1 is 1.30 bits per heavy atom. The summed E-state index contributed by atoms with van der Waals surface area (Å²) in [7, 11) is 1.96. The molecule has 1 atom stereocenters. The van der Waals surface area contributed by atoms with Gasteiger partial charge >= 0.3 is 0 Å². The van der Waals surface area contributed by atoms with Gasteiger partial charge in [-0.1, -0.05) is 23.7 Å². The van der Waals surface area contributed by atoms with Crippen LogP contribution in [-0.2, 0) is 6.42 Å². The molecule has 1 aromatic carbocycles. The predicted molar refractivity (Wildman–Crippen MR) is 84.3 cm³/mol. The Labute approximate surface area is 126 Å². The maximum absolute atomic E-state index is 6.36. The largest absolute Gasteiger partial charge is 0.313 e. The van der Waals surface area contributed by atoms with Gasteiger partial charge in [0.15, 0.2) is 0 Å². The summed E-state index contributed by atoms with van der Waals surface area (Å²) in [6.45, 7) is 6.31. The van der Waals surface area contributed by atoms with Gasteiger partial charge in [0, 0.05) is 29.7 Å². The zero-order valence-corrected chi connectivity index (χ0v) is 13.3. The molecule has 0 amide bonds. The molecule has 2 aromatic rings. The monoisotopic (exact) mass is 291 g/mol. The molecule has 3 nitrogen and oxygen atoms in total. The minimum absolute atomic E-state index is 0.179. The standard InChI is InChI=1S/C16H22ClN3/c1-11(2)20-8-7-13(19-20)10-16(18-4)14-6-5-12(3)9-15(14)17/h5-9,11,16,18H,10H2,1-4H3. The van der Waals surface area contributed by atoms with Crippen molar-refractivity contribution in [3.05, 3.63) is 52.3 Å². The number of aromatic nitrogens is 2. The average molecular weight is 292 g/mol. The van der Waals surface area contributed by atoms with Crippen molar-refractivity contribution in [2.75, 3.05) is 7.05 Å². The van der Waals surface area contributed by atoms with E-state index in [9.17, 15) is 0 Å². The first-order valence-electron chi connectivity index (χ1n) is 6.98. The van der Waals surface area contributed by atoms with Crippen LogP contribution in [0.15, 0.2) is 30.5 Å². The van der Waals surface area contributed by atoms with Gasteiger partial charge in [0.1, 0.15) is 0 Å². The van der Waals surface area contributed by atoms with Gasteiger partial charge in [0.2, 0.25) is 0 Å². The Morgan fingerprint density at radius 2 is 2.05 bits per heavy atom. The molecule has 0 aliphatic rings. The number of benzene rings is 1. The summed E-state index contributed by atoms with van der Waals surface area (Å²) in [5.74, 6) is 0. The number of aryl methyl sites for hydroxylation is 1. The average Bonchev–Trinajstić information content (AvgIpc) is 2.85. The number of likely N-dealkylation sites (N-methyl/N-ethyl adjacent to an activating group) is 1. The van der Waals surface area contributed by atoms with Crippen LogP contribution in [0.5, 0.6) is 0 Å². The van der Waals surface area contributed by atoms with Crippen LogP contribution in [0, 0.1) is 6.92 Å². The molecular weight excluding hydrogens is 270 g/mol. The molecule has 20 heavy (non-hydrogen) atoms. The zero-order chi connectivity index (χ0) is 14.7. The molecule has 1 aromatic heterocycles. The molecule has 0 radical (unpaired) electrons. The van der Waals surface area contributed by atoms with Crippen molar-refractivity contribution in [3.8, 4) is 0 Å². The third-order valence-corrected chi connectivity index (χ3v) is 3.81. The van der Waals surface area contributed by atoms with Crippen molar-refractivity contribution in [1.82, 2.24) is 15.1 Å². The van der Waals surface area contributed by atoms with Crippen LogP contribution in [0.2, 0.25) is 5.02 Å². The van der Waals surface area contributed by atoms with Crippen molar-refractivity contribution >= 4 is 11.6 Å². The third-order valence-electron chi connectivity index (χ3n) is 3.49. The fourth-order valence-corrected chi connectivity index (χ4v) is 2.63. The van der Waals surface area contributed by atoms with E-state index in [1.807, 2.05) is 30.9 Å². The second kappa shape index (κ2) is 6.42. The first kappa shape index (κ1) is 15.1. The van der Waals surface area contributed by atoms with Gasteiger partial charge in [-0.2, -0.15) is 5.10 Å². The molecule has 0 aliphatic carbocycles. The molecule has 1 heterocycles. The summed E-state index contributed by atoms with van der Waals surface area (Å²) in [6.07, 6.45) is 2.86. The van der Waals surface area contributed by atoms with Crippen LogP contribution < -0.4 is 5.32 Å². The van der Waals surface area contributed by atoms with Gasteiger partial charge in [0.05, 0.1) is 5.69 Å². The van der Waals surface area contributed by atoms with Crippen LogP contribution in [0.1, 0.15) is 42.8 Å². The Balaban J connectivity index is 2.19. The van der Waals surface area contributed by atoms with Crippen LogP contribution in [0.3, 0.4) is 0 Å². The van der Waals surface area contributed by atoms with E-state index in [1.165, 1.54) is 5.56 Å². The summed E-state index contributed by atoms with van der Waals surface area (Å²) in [4.78, 5) is 0. The van der Waals surface area contributed by atoms with Gasteiger partial charge in [-0.05, 0) is 51.1 Å². The van der Waals surface area contributed by atoms with Crippen molar-refractivity contribution in [3.63, 3.8) is 0 Å². The molecule has 108 valence electrons. The van der Waals surface area contributed by atoms with Crippen LogP contribution in [-0.4, -0.2) is 16.8 Å². The summed E-state index contributed by atoms with van der Waals surface area (Å²) in [5.41, 5.74) is 3.38. The number of halogens is 1. The maximum atomic E-state index is 6.36. The molecule has 1 unspecified atom stereocenters. The minimum atomic E-state index is 0.179. The Kier molecular flexibility index (Phi) is 4.84. The topological polar surface area (TPSA) is 29.9 Å². The molecule has 0 fully saturated rings. The van der Waals surface area contributed by atoms with E-state index in [-0.39, 0.29) is 6.04 Å². The van der Waals surface area contributed by atoms with Gasteiger partial charge in [-0.25, -0.2) is 0 Å². The van der Waals surface area contributed by atoms with E-state index in [0.717, 1.165) is 22.7 Å². The van der Waals surface area contributed by atoms with Crippen molar-refractivity contribution < 1.29 is 0 Å². The lowest BCUT2D eigenvalue weighted by Crippen LogP contribution is -2.19.